The minimum absolute atomic E-state index is 0.0263. The van der Waals surface area contributed by atoms with Crippen molar-refractivity contribution in [3.05, 3.63) is 57.9 Å². The van der Waals surface area contributed by atoms with Crippen LogP contribution in [0.1, 0.15) is 23.3 Å². The number of aromatic amines is 1. The second kappa shape index (κ2) is 6.12. The molecule has 0 unspecified atom stereocenters. The maximum atomic E-state index is 12.6. The third-order valence-electron chi connectivity index (χ3n) is 3.93. The second-order valence-corrected chi connectivity index (χ2v) is 5.49. The predicted octanol–water partition coefficient (Wildman–Crippen LogP) is 1.63. The molecule has 0 spiro atoms. The number of H-pyrrole nitrogens is 1. The summed E-state index contributed by atoms with van der Waals surface area (Å²) in [7, 11) is 0. The summed E-state index contributed by atoms with van der Waals surface area (Å²) in [6.45, 7) is 2.53. The Balaban J connectivity index is 1.78. The summed E-state index contributed by atoms with van der Waals surface area (Å²) in [5, 5.41) is 0. The van der Waals surface area contributed by atoms with Crippen LogP contribution in [0, 0.1) is 6.92 Å². The molecular formula is C16H17N3O4. The number of hydrogen-bond acceptors (Lipinski definition) is 4. The molecule has 23 heavy (non-hydrogen) atoms. The smallest absolute Gasteiger partial charge is 0.327 e. The van der Waals surface area contributed by atoms with E-state index in [1.54, 1.807) is 23.3 Å². The van der Waals surface area contributed by atoms with Gasteiger partial charge in [-0.25, -0.2) is 4.79 Å². The van der Waals surface area contributed by atoms with Crippen LogP contribution in [-0.4, -0.2) is 33.3 Å². The molecular weight excluding hydrogens is 298 g/mol. The Labute approximate surface area is 132 Å². The van der Waals surface area contributed by atoms with Crippen LogP contribution in [0.5, 0.6) is 0 Å². The van der Waals surface area contributed by atoms with E-state index in [0.717, 1.165) is 10.5 Å². The van der Waals surface area contributed by atoms with Gasteiger partial charge in [-0.2, -0.15) is 0 Å². The molecule has 120 valence electrons. The molecule has 0 aliphatic carbocycles. The number of nitrogens with one attached hydrogen (secondary N) is 1. The number of imide groups is 1. The summed E-state index contributed by atoms with van der Waals surface area (Å²) in [6.07, 6.45) is 3.32. The molecule has 7 heteroatoms. The number of carbonyl (C=O) groups is 2. The van der Waals surface area contributed by atoms with Crippen LogP contribution >= 0.6 is 0 Å². The monoisotopic (exact) mass is 315 g/mol. The van der Waals surface area contributed by atoms with Gasteiger partial charge < -0.3 is 14.3 Å². The van der Waals surface area contributed by atoms with Gasteiger partial charge in [-0.3, -0.25) is 14.5 Å². The van der Waals surface area contributed by atoms with Crippen molar-refractivity contribution >= 4 is 11.9 Å². The lowest BCUT2D eigenvalue weighted by atomic mass is 10.2. The molecule has 0 aromatic carbocycles. The number of aryl methyl sites for hydroxylation is 1. The molecule has 1 aliphatic heterocycles. The molecule has 0 atom stereocenters. The maximum Gasteiger partial charge on any atom is 0.327 e. The first-order valence-electron chi connectivity index (χ1n) is 7.35. The molecule has 0 radical (unpaired) electrons. The highest BCUT2D eigenvalue weighted by Gasteiger charge is 2.33. The van der Waals surface area contributed by atoms with Gasteiger partial charge in [0.15, 0.2) is 0 Å². The average Bonchev–Trinajstić information content (AvgIpc) is 2.93. The van der Waals surface area contributed by atoms with Crippen LogP contribution in [0.3, 0.4) is 0 Å². The van der Waals surface area contributed by atoms with Crippen LogP contribution in [-0.2, 0) is 17.9 Å². The first-order chi connectivity index (χ1) is 11.1. The molecule has 3 rings (SSSR count). The fraction of sp³-hybridized carbons (Fsp3) is 0.312. The van der Waals surface area contributed by atoms with E-state index in [2.05, 4.69) is 4.98 Å². The molecule has 0 bridgehead atoms. The van der Waals surface area contributed by atoms with Gasteiger partial charge in [-0.15, -0.1) is 0 Å². The molecule has 1 aliphatic rings. The van der Waals surface area contributed by atoms with Gasteiger partial charge >= 0.3 is 6.03 Å². The highest BCUT2D eigenvalue weighted by molar-refractivity contribution is 5.96. The van der Waals surface area contributed by atoms with E-state index in [9.17, 15) is 14.4 Å². The summed E-state index contributed by atoms with van der Waals surface area (Å²) < 4.78 is 5.36. The van der Waals surface area contributed by atoms with Gasteiger partial charge in [0.05, 0.1) is 19.4 Å². The minimum Gasteiger partial charge on any atom is -0.467 e. The lowest BCUT2D eigenvalue weighted by Gasteiger charge is -2.33. The van der Waals surface area contributed by atoms with Crippen molar-refractivity contribution in [2.24, 2.45) is 0 Å². The minimum atomic E-state index is -0.402. The molecule has 1 N–H and O–H groups in total. The molecule has 1 saturated heterocycles. The summed E-state index contributed by atoms with van der Waals surface area (Å²) in [6, 6.07) is 4.70. The van der Waals surface area contributed by atoms with Gasteiger partial charge in [0, 0.05) is 24.7 Å². The lowest BCUT2D eigenvalue weighted by molar-refractivity contribution is -0.131. The average molecular weight is 315 g/mol. The number of hydrogen-bond donors (Lipinski definition) is 1. The van der Waals surface area contributed by atoms with Crippen LogP contribution < -0.4 is 5.56 Å². The SMILES string of the molecule is Cc1ccoc1CN1CCC(=O)N(Cc2ccc[nH]c2=O)C1=O. The van der Waals surface area contributed by atoms with Gasteiger partial charge in [-0.05, 0) is 24.6 Å². The number of rotatable bonds is 4. The van der Waals surface area contributed by atoms with Crippen molar-refractivity contribution in [3.8, 4) is 0 Å². The number of carbonyl (C=O) groups excluding carboxylic acids is 2. The van der Waals surface area contributed by atoms with Crippen molar-refractivity contribution in [1.29, 1.82) is 0 Å². The van der Waals surface area contributed by atoms with E-state index in [0.29, 0.717) is 24.4 Å². The molecule has 0 saturated carbocycles. The lowest BCUT2D eigenvalue weighted by Crippen LogP contribution is -2.51. The Morgan fingerprint density at radius 1 is 1.22 bits per heavy atom. The van der Waals surface area contributed by atoms with Gasteiger partial charge in [0.25, 0.3) is 5.56 Å². The van der Waals surface area contributed by atoms with E-state index < -0.39 is 6.03 Å². The first-order valence-corrected chi connectivity index (χ1v) is 7.35. The normalized spacial score (nSPS) is 15.3. The zero-order valence-corrected chi connectivity index (χ0v) is 12.7. The summed E-state index contributed by atoms with van der Waals surface area (Å²) >= 11 is 0. The van der Waals surface area contributed by atoms with E-state index in [-0.39, 0.29) is 24.4 Å². The fourth-order valence-electron chi connectivity index (χ4n) is 2.53. The molecule has 7 nitrogen and oxygen atoms in total. The second-order valence-electron chi connectivity index (χ2n) is 5.49. The Kier molecular flexibility index (Phi) is 4.01. The Bertz CT molecular complexity index is 792. The number of nitrogens with zero attached hydrogens (tertiary/aromatic N) is 2. The van der Waals surface area contributed by atoms with E-state index in [4.69, 9.17) is 4.42 Å². The zero-order chi connectivity index (χ0) is 16.4. The Morgan fingerprint density at radius 3 is 2.74 bits per heavy atom. The highest BCUT2D eigenvalue weighted by Crippen LogP contribution is 2.18. The van der Waals surface area contributed by atoms with Gasteiger partial charge in [0.2, 0.25) is 5.91 Å². The van der Waals surface area contributed by atoms with Crippen molar-refractivity contribution in [1.82, 2.24) is 14.8 Å². The van der Waals surface area contributed by atoms with Gasteiger partial charge in [-0.1, -0.05) is 6.07 Å². The highest BCUT2D eigenvalue weighted by atomic mass is 16.3. The third-order valence-corrected chi connectivity index (χ3v) is 3.93. The van der Waals surface area contributed by atoms with Crippen LogP contribution in [0.15, 0.2) is 39.9 Å². The molecule has 2 aromatic rings. The molecule has 3 amide bonds. The number of aromatic nitrogens is 1. The quantitative estimate of drug-likeness (QED) is 0.929. The zero-order valence-electron chi connectivity index (χ0n) is 12.7. The standard InChI is InChI=1S/C16H17N3O4/c1-11-5-8-23-13(11)10-18-7-4-14(20)19(16(18)22)9-12-3-2-6-17-15(12)21/h2-3,5-6,8H,4,7,9-10H2,1H3,(H,17,21). The van der Waals surface area contributed by atoms with Crippen molar-refractivity contribution < 1.29 is 14.0 Å². The van der Waals surface area contributed by atoms with Crippen LogP contribution in [0.25, 0.3) is 0 Å². The van der Waals surface area contributed by atoms with E-state index >= 15 is 0 Å². The summed E-state index contributed by atoms with van der Waals surface area (Å²) in [5.41, 5.74) is 1.04. The number of amides is 3. The summed E-state index contributed by atoms with van der Waals surface area (Å²) in [4.78, 5) is 41.6. The van der Waals surface area contributed by atoms with Crippen LogP contribution in [0.2, 0.25) is 0 Å². The van der Waals surface area contributed by atoms with E-state index in [1.165, 1.54) is 6.20 Å². The van der Waals surface area contributed by atoms with Crippen molar-refractivity contribution in [3.63, 3.8) is 0 Å². The molecule has 1 fully saturated rings. The third kappa shape index (κ3) is 3.03. The van der Waals surface area contributed by atoms with Crippen LogP contribution in [0.4, 0.5) is 4.79 Å². The van der Waals surface area contributed by atoms with E-state index in [1.807, 2.05) is 13.0 Å². The number of pyridine rings is 1. The predicted molar refractivity (Wildman–Crippen MR) is 81.5 cm³/mol. The molecule has 2 aromatic heterocycles. The van der Waals surface area contributed by atoms with Gasteiger partial charge in [0.1, 0.15) is 5.76 Å². The van der Waals surface area contributed by atoms with Crippen molar-refractivity contribution in [2.75, 3.05) is 6.54 Å². The fourth-order valence-corrected chi connectivity index (χ4v) is 2.53. The topological polar surface area (TPSA) is 86.6 Å². The Hall–Kier alpha value is -2.83. The Morgan fingerprint density at radius 2 is 2.04 bits per heavy atom. The summed E-state index contributed by atoms with van der Waals surface area (Å²) in [5.74, 6) is 0.427. The number of urea groups is 1. The number of furan rings is 1. The largest absolute Gasteiger partial charge is 0.467 e. The van der Waals surface area contributed by atoms with Crippen molar-refractivity contribution in [2.45, 2.75) is 26.4 Å². The first kappa shape index (κ1) is 15.1. The molecule has 3 heterocycles. The maximum absolute atomic E-state index is 12.6.